The fourth-order valence-corrected chi connectivity index (χ4v) is 3.22. The van der Waals surface area contributed by atoms with Crippen LogP contribution in [-0.2, 0) is 24.2 Å². The second-order valence-electron chi connectivity index (χ2n) is 6.42. The van der Waals surface area contributed by atoms with E-state index in [1.54, 1.807) is 7.11 Å². The molecule has 4 nitrogen and oxygen atoms in total. The third kappa shape index (κ3) is 4.26. The lowest BCUT2D eigenvalue weighted by molar-refractivity contribution is -0.120. The average Bonchev–Trinajstić information content (AvgIpc) is 3.04. The van der Waals surface area contributed by atoms with E-state index in [1.165, 1.54) is 22.0 Å². The van der Waals surface area contributed by atoms with E-state index < -0.39 is 0 Å². The topological polar surface area (TPSA) is 43.3 Å². The smallest absolute Gasteiger partial charge is 0.219 e. The second-order valence-corrected chi connectivity index (χ2v) is 6.42. The van der Waals surface area contributed by atoms with Crippen molar-refractivity contribution in [1.29, 1.82) is 0 Å². The number of methoxy groups -OCH3 is 1. The standard InChI is InChI=1S/C22H26N2O2/c1-3-22(25)23-13-11-18-16-24(14-12-17-7-5-4-6-8-17)21-10-9-19(26-2)15-20(18)21/h4-10,15-16H,3,11-14H2,1-2H3,(H,23,25). The van der Waals surface area contributed by atoms with Gasteiger partial charge in [-0.05, 0) is 42.2 Å². The van der Waals surface area contributed by atoms with Crippen LogP contribution in [0.5, 0.6) is 5.75 Å². The molecule has 0 bridgehead atoms. The van der Waals surface area contributed by atoms with E-state index in [4.69, 9.17) is 4.74 Å². The third-order valence-electron chi connectivity index (χ3n) is 4.69. The zero-order valence-corrected chi connectivity index (χ0v) is 15.5. The Kier molecular flexibility index (Phi) is 5.95. The van der Waals surface area contributed by atoms with Gasteiger partial charge in [0.25, 0.3) is 0 Å². The number of nitrogens with zero attached hydrogens (tertiary/aromatic N) is 1. The van der Waals surface area contributed by atoms with Crippen LogP contribution in [-0.4, -0.2) is 24.1 Å². The fraction of sp³-hybridized carbons (Fsp3) is 0.318. The molecule has 136 valence electrons. The van der Waals surface area contributed by atoms with E-state index in [0.29, 0.717) is 13.0 Å². The molecule has 3 aromatic rings. The highest BCUT2D eigenvalue weighted by Crippen LogP contribution is 2.26. The number of carbonyl (C=O) groups excluding carboxylic acids is 1. The van der Waals surface area contributed by atoms with Crippen molar-refractivity contribution in [3.05, 3.63) is 65.9 Å². The van der Waals surface area contributed by atoms with Gasteiger partial charge in [-0.3, -0.25) is 4.79 Å². The first-order valence-electron chi connectivity index (χ1n) is 9.17. The van der Waals surface area contributed by atoms with E-state index >= 15 is 0 Å². The largest absolute Gasteiger partial charge is 0.497 e. The number of nitrogens with one attached hydrogen (secondary N) is 1. The Morgan fingerprint density at radius 2 is 1.92 bits per heavy atom. The summed E-state index contributed by atoms with van der Waals surface area (Å²) in [6.07, 6.45) is 4.54. The van der Waals surface area contributed by atoms with Crippen molar-refractivity contribution in [2.45, 2.75) is 32.7 Å². The summed E-state index contributed by atoms with van der Waals surface area (Å²) in [5.74, 6) is 0.951. The molecule has 0 aliphatic rings. The Bertz CT molecular complexity index is 868. The zero-order chi connectivity index (χ0) is 18.4. The summed E-state index contributed by atoms with van der Waals surface area (Å²) in [6, 6.07) is 16.7. The molecule has 3 rings (SSSR count). The van der Waals surface area contributed by atoms with Gasteiger partial charge < -0.3 is 14.6 Å². The van der Waals surface area contributed by atoms with Crippen LogP contribution in [0.25, 0.3) is 10.9 Å². The molecule has 4 heteroatoms. The van der Waals surface area contributed by atoms with Gasteiger partial charge in [0.2, 0.25) is 5.91 Å². The monoisotopic (exact) mass is 350 g/mol. The highest BCUT2D eigenvalue weighted by atomic mass is 16.5. The molecule has 1 N–H and O–H groups in total. The first-order chi connectivity index (χ1) is 12.7. The highest BCUT2D eigenvalue weighted by Gasteiger charge is 2.10. The Morgan fingerprint density at radius 1 is 1.12 bits per heavy atom. The summed E-state index contributed by atoms with van der Waals surface area (Å²) in [5.41, 5.74) is 3.78. The quantitative estimate of drug-likeness (QED) is 0.668. The van der Waals surface area contributed by atoms with Gasteiger partial charge >= 0.3 is 0 Å². The molecule has 0 unspecified atom stereocenters. The van der Waals surface area contributed by atoms with Gasteiger partial charge in [-0.15, -0.1) is 0 Å². The number of aromatic nitrogens is 1. The Hall–Kier alpha value is -2.75. The molecule has 0 saturated heterocycles. The third-order valence-corrected chi connectivity index (χ3v) is 4.69. The van der Waals surface area contributed by atoms with Gasteiger partial charge in [0, 0.05) is 36.6 Å². The molecule has 0 spiro atoms. The maximum Gasteiger partial charge on any atom is 0.219 e. The molecule has 0 fully saturated rings. The number of rotatable bonds is 8. The number of carbonyl (C=O) groups is 1. The molecule has 0 atom stereocenters. The van der Waals surface area contributed by atoms with Crippen molar-refractivity contribution in [2.75, 3.05) is 13.7 Å². The molecule has 2 aromatic carbocycles. The number of hydrogen-bond donors (Lipinski definition) is 1. The van der Waals surface area contributed by atoms with Crippen molar-refractivity contribution >= 4 is 16.8 Å². The average molecular weight is 350 g/mol. The fourth-order valence-electron chi connectivity index (χ4n) is 3.22. The summed E-state index contributed by atoms with van der Waals surface area (Å²) in [6.45, 7) is 3.45. The van der Waals surface area contributed by atoms with Gasteiger partial charge in [-0.25, -0.2) is 0 Å². The maximum absolute atomic E-state index is 11.5. The van der Waals surface area contributed by atoms with Crippen molar-refractivity contribution < 1.29 is 9.53 Å². The van der Waals surface area contributed by atoms with Gasteiger partial charge in [0.1, 0.15) is 5.75 Å². The van der Waals surface area contributed by atoms with Crippen molar-refractivity contribution in [2.24, 2.45) is 0 Å². The maximum atomic E-state index is 11.5. The Balaban J connectivity index is 1.82. The minimum atomic E-state index is 0.0930. The molecule has 1 amide bonds. The molecule has 0 saturated carbocycles. The lowest BCUT2D eigenvalue weighted by Crippen LogP contribution is -2.24. The van der Waals surface area contributed by atoms with Crippen LogP contribution in [0.15, 0.2) is 54.7 Å². The summed E-state index contributed by atoms with van der Waals surface area (Å²) in [7, 11) is 1.69. The SMILES string of the molecule is CCC(=O)NCCc1cn(CCc2ccccc2)c2ccc(OC)cc12. The molecule has 0 radical (unpaired) electrons. The van der Waals surface area contributed by atoms with Crippen molar-refractivity contribution in [3.8, 4) is 5.75 Å². The van der Waals surface area contributed by atoms with Crippen LogP contribution in [0, 0.1) is 0 Å². The molecular weight excluding hydrogens is 324 g/mol. The van der Waals surface area contributed by atoms with Crippen molar-refractivity contribution in [3.63, 3.8) is 0 Å². The van der Waals surface area contributed by atoms with Crippen LogP contribution in [0.4, 0.5) is 0 Å². The van der Waals surface area contributed by atoms with Crippen molar-refractivity contribution in [1.82, 2.24) is 9.88 Å². The number of amides is 1. The van der Waals surface area contributed by atoms with Gasteiger partial charge in [-0.1, -0.05) is 37.3 Å². The van der Waals surface area contributed by atoms with Crippen LogP contribution in [0.1, 0.15) is 24.5 Å². The van der Waals surface area contributed by atoms with Gasteiger partial charge in [-0.2, -0.15) is 0 Å². The minimum Gasteiger partial charge on any atom is -0.497 e. The molecule has 1 aromatic heterocycles. The summed E-state index contributed by atoms with van der Waals surface area (Å²) in [5, 5.41) is 4.16. The molecule has 0 aliphatic heterocycles. The Morgan fingerprint density at radius 3 is 2.65 bits per heavy atom. The predicted molar refractivity (Wildman–Crippen MR) is 106 cm³/mol. The lowest BCUT2D eigenvalue weighted by Gasteiger charge is -2.06. The number of ether oxygens (including phenoxy) is 1. The van der Waals surface area contributed by atoms with E-state index in [9.17, 15) is 4.79 Å². The van der Waals surface area contributed by atoms with Crippen LogP contribution in [0.3, 0.4) is 0 Å². The summed E-state index contributed by atoms with van der Waals surface area (Å²) < 4.78 is 7.70. The van der Waals surface area contributed by atoms with Gasteiger partial charge in [0.05, 0.1) is 7.11 Å². The molecular formula is C22H26N2O2. The van der Waals surface area contributed by atoms with E-state index in [1.807, 2.05) is 19.1 Å². The number of aryl methyl sites for hydroxylation is 2. The Labute approximate surface area is 154 Å². The summed E-state index contributed by atoms with van der Waals surface area (Å²) >= 11 is 0. The summed E-state index contributed by atoms with van der Waals surface area (Å²) in [4.78, 5) is 11.5. The van der Waals surface area contributed by atoms with Crippen LogP contribution in [0.2, 0.25) is 0 Å². The first-order valence-corrected chi connectivity index (χ1v) is 9.17. The van der Waals surface area contributed by atoms with E-state index in [2.05, 4.69) is 52.5 Å². The lowest BCUT2D eigenvalue weighted by atomic mass is 10.1. The van der Waals surface area contributed by atoms with E-state index in [-0.39, 0.29) is 5.91 Å². The first kappa shape index (κ1) is 18.1. The van der Waals surface area contributed by atoms with Crippen LogP contribution >= 0.6 is 0 Å². The predicted octanol–water partition coefficient (Wildman–Crippen LogP) is 3.96. The normalized spacial score (nSPS) is 10.8. The zero-order valence-electron chi connectivity index (χ0n) is 15.5. The molecule has 0 aliphatic carbocycles. The molecule has 1 heterocycles. The second kappa shape index (κ2) is 8.56. The minimum absolute atomic E-state index is 0.0930. The molecule has 26 heavy (non-hydrogen) atoms. The van der Waals surface area contributed by atoms with Gasteiger partial charge in [0.15, 0.2) is 0 Å². The number of benzene rings is 2. The number of hydrogen-bond acceptors (Lipinski definition) is 2. The highest BCUT2D eigenvalue weighted by molar-refractivity contribution is 5.85. The van der Waals surface area contributed by atoms with E-state index in [0.717, 1.165) is 25.1 Å². The number of fused-ring (bicyclic) bond motifs is 1. The van der Waals surface area contributed by atoms with Crippen LogP contribution < -0.4 is 10.1 Å².